The van der Waals surface area contributed by atoms with Crippen LogP contribution < -0.4 is 5.32 Å². The highest BCUT2D eigenvalue weighted by molar-refractivity contribution is 5.88. The molecule has 0 unspecified atom stereocenters. The summed E-state index contributed by atoms with van der Waals surface area (Å²) in [5.41, 5.74) is 0.625. The van der Waals surface area contributed by atoms with Crippen molar-refractivity contribution in [3.63, 3.8) is 0 Å². The maximum absolute atomic E-state index is 13.1. The smallest absolute Gasteiger partial charge is 0.240 e. The van der Waals surface area contributed by atoms with E-state index in [4.69, 9.17) is 0 Å². The Labute approximate surface area is 128 Å². The van der Waals surface area contributed by atoms with Gasteiger partial charge >= 0.3 is 0 Å². The van der Waals surface area contributed by atoms with Crippen molar-refractivity contribution < 1.29 is 13.9 Å². The van der Waals surface area contributed by atoms with Gasteiger partial charge < -0.3 is 10.4 Å². The molecule has 1 aliphatic heterocycles. The van der Waals surface area contributed by atoms with Crippen LogP contribution in [0.5, 0.6) is 5.75 Å². The van der Waals surface area contributed by atoms with E-state index in [1.807, 2.05) is 35.2 Å². The minimum Gasteiger partial charge on any atom is -0.508 e. The molecule has 2 N–H and O–H groups in total. The van der Waals surface area contributed by atoms with Gasteiger partial charge in [0.25, 0.3) is 0 Å². The number of benzene rings is 2. The van der Waals surface area contributed by atoms with Crippen LogP contribution in [0.25, 0.3) is 10.8 Å². The van der Waals surface area contributed by atoms with Gasteiger partial charge in [-0.1, -0.05) is 30.3 Å². The second-order valence-corrected chi connectivity index (χ2v) is 5.65. The first-order valence-corrected chi connectivity index (χ1v) is 7.60. The van der Waals surface area contributed by atoms with Gasteiger partial charge in [0.1, 0.15) is 5.75 Å². The number of nitrogens with one attached hydrogen (secondary N) is 1. The van der Waals surface area contributed by atoms with E-state index in [0.717, 1.165) is 23.9 Å². The monoisotopic (exact) mass is 306 g/mol. The average Bonchev–Trinajstić information content (AvgIpc) is 2.54. The molecule has 3 nitrogen and oxygen atoms in total. The Morgan fingerprint density at radius 3 is 2.55 bits per heavy atom. The standard InChI is InChI=1S/C17H20F2N2O/c18-16(19)11-14(21-9-7-20-8-10-21)17-13-4-2-1-3-12(13)5-6-15(17)22/h1-6,14,16,20,22H,7-11H2/t14-/m1/s1. The highest BCUT2D eigenvalue weighted by Gasteiger charge is 2.28. The lowest BCUT2D eigenvalue weighted by atomic mass is 9.94. The van der Waals surface area contributed by atoms with Gasteiger partial charge in [0.15, 0.2) is 0 Å². The normalized spacial score (nSPS) is 18.0. The molecule has 1 fully saturated rings. The van der Waals surface area contributed by atoms with Crippen molar-refractivity contribution in [3.8, 4) is 5.75 Å². The first-order valence-electron chi connectivity index (χ1n) is 7.60. The Morgan fingerprint density at radius 1 is 1.09 bits per heavy atom. The van der Waals surface area contributed by atoms with Crippen LogP contribution >= 0.6 is 0 Å². The van der Waals surface area contributed by atoms with E-state index in [0.29, 0.717) is 18.7 Å². The largest absolute Gasteiger partial charge is 0.508 e. The number of halogens is 2. The fourth-order valence-electron chi connectivity index (χ4n) is 3.25. The first kappa shape index (κ1) is 15.2. The molecule has 0 aliphatic carbocycles. The minimum absolute atomic E-state index is 0.0999. The Balaban J connectivity index is 2.08. The molecule has 2 aromatic carbocycles. The Kier molecular flexibility index (Phi) is 4.55. The van der Waals surface area contributed by atoms with Crippen molar-refractivity contribution in [2.24, 2.45) is 0 Å². The van der Waals surface area contributed by atoms with Gasteiger partial charge in [0.05, 0.1) is 0 Å². The molecule has 118 valence electrons. The molecule has 2 aromatic rings. The van der Waals surface area contributed by atoms with Crippen LogP contribution in [-0.4, -0.2) is 42.6 Å². The lowest BCUT2D eigenvalue weighted by Gasteiger charge is -2.36. The number of fused-ring (bicyclic) bond motifs is 1. The molecular formula is C17H20F2N2O. The zero-order valence-corrected chi connectivity index (χ0v) is 12.3. The van der Waals surface area contributed by atoms with Gasteiger partial charge in [-0.2, -0.15) is 0 Å². The van der Waals surface area contributed by atoms with E-state index in [1.165, 1.54) is 0 Å². The number of phenolic OH excluding ortho intramolecular Hbond substituents is 1. The van der Waals surface area contributed by atoms with Gasteiger partial charge in [-0.05, 0) is 16.8 Å². The summed E-state index contributed by atoms with van der Waals surface area (Å²) in [4.78, 5) is 2.05. The third-order valence-electron chi connectivity index (χ3n) is 4.27. The molecule has 1 saturated heterocycles. The van der Waals surface area contributed by atoms with E-state index in [-0.39, 0.29) is 12.2 Å². The summed E-state index contributed by atoms with van der Waals surface area (Å²) in [5, 5.41) is 15.4. The zero-order chi connectivity index (χ0) is 15.5. The number of piperazine rings is 1. The second kappa shape index (κ2) is 6.58. The predicted octanol–water partition coefficient (Wildman–Crippen LogP) is 3.15. The fourth-order valence-corrected chi connectivity index (χ4v) is 3.25. The fraction of sp³-hybridized carbons (Fsp3) is 0.412. The highest BCUT2D eigenvalue weighted by Crippen LogP contribution is 2.38. The lowest BCUT2D eigenvalue weighted by molar-refractivity contribution is 0.0736. The molecule has 0 spiro atoms. The van der Waals surface area contributed by atoms with Crippen molar-refractivity contribution >= 4 is 10.8 Å². The number of alkyl halides is 2. The van der Waals surface area contributed by atoms with E-state index in [9.17, 15) is 13.9 Å². The van der Waals surface area contributed by atoms with Gasteiger partial charge in [-0.25, -0.2) is 8.78 Å². The topological polar surface area (TPSA) is 35.5 Å². The van der Waals surface area contributed by atoms with E-state index in [2.05, 4.69) is 5.32 Å². The third-order valence-corrected chi connectivity index (χ3v) is 4.27. The zero-order valence-electron chi connectivity index (χ0n) is 12.3. The molecule has 22 heavy (non-hydrogen) atoms. The molecule has 5 heteroatoms. The van der Waals surface area contributed by atoms with Gasteiger partial charge in [-0.3, -0.25) is 4.90 Å². The van der Waals surface area contributed by atoms with Crippen molar-refractivity contribution in [2.45, 2.75) is 18.9 Å². The molecule has 1 atom stereocenters. The number of rotatable bonds is 4. The molecule has 0 saturated carbocycles. The van der Waals surface area contributed by atoms with Crippen molar-refractivity contribution in [2.75, 3.05) is 26.2 Å². The summed E-state index contributed by atoms with van der Waals surface area (Å²) in [5.74, 6) is 0.0999. The predicted molar refractivity (Wildman–Crippen MR) is 83.4 cm³/mol. The van der Waals surface area contributed by atoms with Gasteiger partial charge in [0.2, 0.25) is 6.43 Å². The van der Waals surface area contributed by atoms with Crippen LogP contribution in [-0.2, 0) is 0 Å². The van der Waals surface area contributed by atoms with E-state index < -0.39 is 12.5 Å². The molecule has 0 bridgehead atoms. The Bertz CT molecular complexity index is 642. The minimum atomic E-state index is -2.40. The molecular weight excluding hydrogens is 286 g/mol. The number of aromatic hydroxyl groups is 1. The van der Waals surface area contributed by atoms with Crippen LogP contribution in [0.4, 0.5) is 8.78 Å². The first-order chi connectivity index (χ1) is 10.7. The molecule has 1 heterocycles. The summed E-state index contributed by atoms with van der Waals surface area (Å²) in [7, 11) is 0. The SMILES string of the molecule is Oc1ccc2ccccc2c1[C@@H](CC(F)F)N1CCNCC1. The Hall–Kier alpha value is -1.72. The summed E-state index contributed by atoms with van der Waals surface area (Å²) < 4.78 is 26.3. The quantitative estimate of drug-likeness (QED) is 0.911. The third kappa shape index (κ3) is 3.05. The Morgan fingerprint density at radius 2 is 1.82 bits per heavy atom. The highest BCUT2D eigenvalue weighted by atomic mass is 19.3. The van der Waals surface area contributed by atoms with Crippen LogP contribution in [0.3, 0.4) is 0 Å². The molecule has 0 amide bonds. The number of nitrogens with zero attached hydrogens (tertiary/aromatic N) is 1. The van der Waals surface area contributed by atoms with Crippen molar-refractivity contribution in [1.29, 1.82) is 0 Å². The van der Waals surface area contributed by atoms with E-state index in [1.54, 1.807) is 6.07 Å². The van der Waals surface area contributed by atoms with Crippen LogP contribution in [0.2, 0.25) is 0 Å². The molecule has 3 rings (SSSR count). The lowest BCUT2D eigenvalue weighted by Crippen LogP contribution is -2.45. The average molecular weight is 306 g/mol. The summed E-state index contributed by atoms with van der Waals surface area (Å²) in [6, 6.07) is 10.6. The maximum Gasteiger partial charge on any atom is 0.240 e. The van der Waals surface area contributed by atoms with E-state index >= 15 is 0 Å². The summed E-state index contributed by atoms with van der Waals surface area (Å²) in [6.07, 6.45) is -2.67. The van der Waals surface area contributed by atoms with Gasteiger partial charge in [-0.15, -0.1) is 0 Å². The van der Waals surface area contributed by atoms with Crippen molar-refractivity contribution in [1.82, 2.24) is 10.2 Å². The molecule has 0 aromatic heterocycles. The van der Waals surface area contributed by atoms with Crippen molar-refractivity contribution in [3.05, 3.63) is 42.0 Å². The number of hydrogen-bond donors (Lipinski definition) is 2. The summed E-state index contributed by atoms with van der Waals surface area (Å²) >= 11 is 0. The maximum atomic E-state index is 13.1. The van der Waals surface area contributed by atoms with Crippen LogP contribution in [0.1, 0.15) is 18.0 Å². The van der Waals surface area contributed by atoms with Gasteiger partial charge in [0, 0.05) is 44.2 Å². The summed E-state index contributed by atoms with van der Waals surface area (Å²) in [6.45, 7) is 2.98. The molecule has 1 aliphatic rings. The van der Waals surface area contributed by atoms with Crippen LogP contribution in [0.15, 0.2) is 36.4 Å². The second-order valence-electron chi connectivity index (χ2n) is 5.65. The number of hydrogen-bond acceptors (Lipinski definition) is 3. The molecule has 0 radical (unpaired) electrons. The van der Waals surface area contributed by atoms with Crippen LogP contribution in [0, 0.1) is 0 Å². The number of phenols is 1.